The molecule has 1 aromatic heterocycles. The quantitative estimate of drug-likeness (QED) is 0.755. The van der Waals surface area contributed by atoms with Gasteiger partial charge in [-0.1, -0.05) is 34.8 Å². The number of aromatic nitrogens is 3. The fourth-order valence-electron chi connectivity index (χ4n) is 1.16. The Hall–Kier alpha value is -0.970. The van der Waals surface area contributed by atoms with Crippen molar-refractivity contribution in [2.24, 2.45) is 0 Å². The van der Waals surface area contributed by atoms with Crippen LogP contribution in [0, 0.1) is 5.82 Å². The molecule has 0 N–H and O–H groups in total. The molecule has 17 heavy (non-hydrogen) atoms. The number of nitrogens with zero attached hydrogens (tertiary/aromatic N) is 3. The van der Waals surface area contributed by atoms with E-state index in [0.29, 0.717) is 11.3 Å². The van der Waals surface area contributed by atoms with Gasteiger partial charge in [0.2, 0.25) is 5.82 Å². The minimum atomic E-state index is -1.70. The molecular weight excluding hydrogens is 287 g/mol. The molecule has 0 fully saturated rings. The number of benzene rings is 1. The van der Waals surface area contributed by atoms with Crippen LogP contribution in [0.1, 0.15) is 5.82 Å². The van der Waals surface area contributed by atoms with Crippen LogP contribution in [0.15, 0.2) is 30.5 Å². The van der Waals surface area contributed by atoms with E-state index in [0.717, 1.165) is 0 Å². The van der Waals surface area contributed by atoms with Gasteiger partial charge in [0.25, 0.3) is 3.79 Å². The maximum Gasteiger partial charge on any atom is 0.251 e. The Morgan fingerprint density at radius 3 is 2.12 bits per heavy atom. The number of halogens is 4. The van der Waals surface area contributed by atoms with Crippen molar-refractivity contribution < 1.29 is 4.39 Å². The molecule has 1 aromatic carbocycles. The predicted octanol–water partition coefficient (Wildman–Crippen LogP) is 3.50. The second-order valence-electron chi connectivity index (χ2n) is 3.17. The summed E-state index contributed by atoms with van der Waals surface area (Å²) in [4.78, 5) is 3.89. The second kappa shape index (κ2) is 4.72. The first-order chi connectivity index (χ1) is 7.97. The van der Waals surface area contributed by atoms with Gasteiger partial charge in [0.15, 0.2) is 0 Å². The van der Waals surface area contributed by atoms with Crippen LogP contribution in [0.3, 0.4) is 0 Å². The van der Waals surface area contributed by atoms with Gasteiger partial charge < -0.3 is 0 Å². The van der Waals surface area contributed by atoms with Crippen molar-refractivity contribution in [3.8, 4) is 11.3 Å². The topological polar surface area (TPSA) is 38.7 Å². The number of hydrogen-bond donors (Lipinski definition) is 0. The van der Waals surface area contributed by atoms with Crippen molar-refractivity contribution in [1.82, 2.24) is 15.2 Å². The third-order valence-corrected chi connectivity index (χ3v) is 2.46. The Labute approximate surface area is 112 Å². The molecule has 7 heteroatoms. The summed E-state index contributed by atoms with van der Waals surface area (Å²) in [6.45, 7) is 0. The standard InChI is InChI=1S/C10H5Cl3FN3/c11-10(12,13)9-15-5-8(16-17-9)6-1-3-7(14)4-2-6/h1-5H. The Balaban J connectivity index is 2.33. The fourth-order valence-corrected chi connectivity index (χ4v) is 1.42. The van der Waals surface area contributed by atoms with Crippen molar-refractivity contribution in [1.29, 1.82) is 0 Å². The normalized spacial score (nSPS) is 11.5. The Morgan fingerprint density at radius 2 is 1.65 bits per heavy atom. The van der Waals surface area contributed by atoms with Crippen molar-refractivity contribution in [3.63, 3.8) is 0 Å². The van der Waals surface area contributed by atoms with E-state index < -0.39 is 3.79 Å². The average Bonchev–Trinajstić information content (AvgIpc) is 2.29. The fraction of sp³-hybridized carbons (Fsp3) is 0.100. The van der Waals surface area contributed by atoms with Gasteiger partial charge in [-0.25, -0.2) is 9.37 Å². The maximum atomic E-state index is 12.7. The average molecular weight is 293 g/mol. The number of hydrogen-bond acceptors (Lipinski definition) is 3. The summed E-state index contributed by atoms with van der Waals surface area (Å²) in [6, 6.07) is 5.77. The van der Waals surface area contributed by atoms with Gasteiger partial charge in [-0.2, -0.15) is 0 Å². The third-order valence-electron chi connectivity index (χ3n) is 1.96. The Kier molecular flexibility index (Phi) is 3.47. The largest absolute Gasteiger partial charge is 0.251 e. The molecule has 0 aliphatic carbocycles. The van der Waals surface area contributed by atoms with Crippen LogP contribution in [-0.4, -0.2) is 15.2 Å². The van der Waals surface area contributed by atoms with Crippen LogP contribution in [0.25, 0.3) is 11.3 Å². The van der Waals surface area contributed by atoms with Crippen LogP contribution in [0.2, 0.25) is 0 Å². The molecule has 0 radical (unpaired) electrons. The summed E-state index contributed by atoms with van der Waals surface area (Å²) in [6.07, 6.45) is 1.41. The zero-order chi connectivity index (χ0) is 12.5. The van der Waals surface area contributed by atoms with E-state index in [1.54, 1.807) is 12.1 Å². The van der Waals surface area contributed by atoms with E-state index in [-0.39, 0.29) is 11.6 Å². The van der Waals surface area contributed by atoms with E-state index in [4.69, 9.17) is 34.8 Å². The zero-order valence-corrected chi connectivity index (χ0v) is 10.5. The molecule has 0 saturated carbocycles. The smallest absolute Gasteiger partial charge is 0.233 e. The summed E-state index contributed by atoms with van der Waals surface area (Å²) in [5.74, 6) is -0.332. The van der Waals surface area contributed by atoms with Gasteiger partial charge in [0, 0.05) is 5.56 Å². The molecule has 0 aliphatic rings. The lowest BCUT2D eigenvalue weighted by molar-refractivity contribution is 0.628. The molecule has 1 heterocycles. The maximum absolute atomic E-state index is 12.7. The van der Waals surface area contributed by atoms with Crippen LogP contribution < -0.4 is 0 Å². The van der Waals surface area contributed by atoms with E-state index >= 15 is 0 Å². The summed E-state index contributed by atoms with van der Waals surface area (Å²) in [5, 5.41) is 7.55. The summed E-state index contributed by atoms with van der Waals surface area (Å²) in [5.41, 5.74) is 1.16. The molecule has 0 bridgehead atoms. The lowest BCUT2D eigenvalue weighted by atomic mass is 10.2. The van der Waals surface area contributed by atoms with Gasteiger partial charge in [0.1, 0.15) is 11.5 Å². The van der Waals surface area contributed by atoms with Crippen LogP contribution in [-0.2, 0) is 3.79 Å². The molecular formula is C10H5Cl3FN3. The Morgan fingerprint density at radius 1 is 1.00 bits per heavy atom. The molecule has 0 amide bonds. The summed E-state index contributed by atoms with van der Waals surface area (Å²) < 4.78 is 11.0. The SMILES string of the molecule is Fc1ccc(-c2cnc(C(Cl)(Cl)Cl)nn2)cc1. The van der Waals surface area contributed by atoms with Crippen molar-refractivity contribution in [2.45, 2.75) is 3.79 Å². The number of rotatable bonds is 1. The molecule has 0 spiro atoms. The first-order valence-corrected chi connectivity index (χ1v) is 5.63. The van der Waals surface area contributed by atoms with E-state index in [9.17, 15) is 4.39 Å². The highest BCUT2D eigenvalue weighted by molar-refractivity contribution is 6.66. The highest BCUT2D eigenvalue weighted by Gasteiger charge is 2.27. The van der Waals surface area contributed by atoms with Crippen molar-refractivity contribution in [2.75, 3.05) is 0 Å². The lowest BCUT2D eigenvalue weighted by Crippen LogP contribution is -2.08. The highest BCUT2D eigenvalue weighted by Crippen LogP contribution is 2.35. The minimum absolute atomic E-state index is 0.00615. The van der Waals surface area contributed by atoms with Crippen LogP contribution >= 0.6 is 34.8 Å². The summed E-state index contributed by atoms with van der Waals surface area (Å²) >= 11 is 16.8. The Bertz CT molecular complexity index is 508. The third kappa shape index (κ3) is 3.03. The van der Waals surface area contributed by atoms with Gasteiger partial charge in [-0.15, -0.1) is 10.2 Å². The zero-order valence-electron chi connectivity index (χ0n) is 8.24. The van der Waals surface area contributed by atoms with E-state index in [1.807, 2.05) is 0 Å². The predicted molar refractivity (Wildman–Crippen MR) is 64.5 cm³/mol. The van der Waals surface area contributed by atoms with Gasteiger partial charge in [-0.3, -0.25) is 0 Å². The van der Waals surface area contributed by atoms with Gasteiger partial charge in [0.05, 0.1) is 6.20 Å². The lowest BCUT2D eigenvalue weighted by Gasteiger charge is -2.07. The molecule has 2 aromatic rings. The van der Waals surface area contributed by atoms with E-state index in [2.05, 4.69) is 15.2 Å². The number of alkyl halides is 3. The monoisotopic (exact) mass is 291 g/mol. The molecule has 0 atom stereocenters. The molecule has 0 unspecified atom stereocenters. The summed E-state index contributed by atoms with van der Waals surface area (Å²) in [7, 11) is 0. The highest BCUT2D eigenvalue weighted by atomic mass is 35.6. The van der Waals surface area contributed by atoms with Gasteiger partial charge in [-0.05, 0) is 24.3 Å². The molecule has 0 saturated heterocycles. The first kappa shape index (κ1) is 12.5. The van der Waals surface area contributed by atoms with Crippen molar-refractivity contribution >= 4 is 34.8 Å². The molecule has 3 nitrogen and oxygen atoms in total. The van der Waals surface area contributed by atoms with Crippen LogP contribution in [0.4, 0.5) is 4.39 Å². The second-order valence-corrected chi connectivity index (χ2v) is 5.45. The van der Waals surface area contributed by atoms with Gasteiger partial charge >= 0.3 is 0 Å². The molecule has 88 valence electrons. The molecule has 2 rings (SSSR count). The van der Waals surface area contributed by atoms with E-state index in [1.165, 1.54) is 18.3 Å². The van der Waals surface area contributed by atoms with Crippen molar-refractivity contribution in [3.05, 3.63) is 42.1 Å². The minimum Gasteiger partial charge on any atom is -0.233 e. The van der Waals surface area contributed by atoms with Crippen LogP contribution in [0.5, 0.6) is 0 Å². The first-order valence-electron chi connectivity index (χ1n) is 4.49. The molecule has 0 aliphatic heterocycles.